The fourth-order valence-electron chi connectivity index (χ4n) is 3.58. The summed E-state index contributed by atoms with van der Waals surface area (Å²) in [5.74, 6) is -0.414. The number of nitriles is 1. The van der Waals surface area contributed by atoms with E-state index in [-0.39, 0.29) is 22.2 Å². The van der Waals surface area contributed by atoms with Crippen molar-refractivity contribution in [2.24, 2.45) is 7.05 Å². The van der Waals surface area contributed by atoms with Crippen molar-refractivity contribution in [3.05, 3.63) is 77.1 Å². The van der Waals surface area contributed by atoms with Gasteiger partial charge in [0.15, 0.2) is 5.03 Å². The van der Waals surface area contributed by atoms with E-state index < -0.39 is 15.7 Å². The maximum atomic E-state index is 13.0. The van der Waals surface area contributed by atoms with E-state index in [9.17, 15) is 13.2 Å². The maximum absolute atomic E-state index is 13.0. The Morgan fingerprint density at radius 1 is 1.28 bits per heavy atom. The number of carbonyl (C=O) groups is 1. The number of carbonyl (C=O) groups excluding carboxylic acids is 1. The van der Waals surface area contributed by atoms with E-state index in [0.29, 0.717) is 22.0 Å². The van der Waals surface area contributed by atoms with Crippen LogP contribution in [-0.2, 0) is 23.4 Å². The van der Waals surface area contributed by atoms with Crippen molar-refractivity contribution in [2.75, 3.05) is 0 Å². The summed E-state index contributed by atoms with van der Waals surface area (Å²) in [5, 5.41) is 26.3. The molecule has 4 aromatic rings. The molecule has 0 saturated carbocycles. The second kappa shape index (κ2) is 8.13. The van der Waals surface area contributed by atoms with Gasteiger partial charge in [-0.05, 0) is 42.0 Å². The number of benzene rings is 2. The number of nitrogens with one attached hydrogen (secondary N) is 3. The van der Waals surface area contributed by atoms with Crippen LogP contribution >= 0.6 is 0 Å². The molecule has 0 saturated heterocycles. The number of aryl methyl sites for hydroxylation is 1. The fraction of sp³-hybridized carbons (Fsp3) is 0.0909. The molecule has 4 rings (SSSR count). The quantitative estimate of drug-likeness (QED) is 0.390. The number of aromatic nitrogens is 3. The molecular weight excluding hydrogens is 428 g/mol. The van der Waals surface area contributed by atoms with E-state index in [1.165, 1.54) is 24.4 Å². The predicted molar refractivity (Wildman–Crippen MR) is 117 cm³/mol. The van der Waals surface area contributed by atoms with Crippen molar-refractivity contribution in [3.63, 3.8) is 0 Å². The molecule has 2 aromatic heterocycles. The first kappa shape index (κ1) is 21.0. The van der Waals surface area contributed by atoms with Gasteiger partial charge in [0.05, 0.1) is 22.7 Å². The van der Waals surface area contributed by atoms with Crippen LogP contribution in [0.2, 0.25) is 0 Å². The summed E-state index contributed by atoms with van der Waals surface area (Å²) in [7, 11) is -2.13. The standard InChI is InChI=1S/C22H18N6O3S/c1-28-19-6-5-16(32(30,31)20-7-8-26-27-20)10-17(19)18(12-24)21(28)22(29)25-13-15-4-2-3-14(9-15)11-23/h2-10,12,24H,13H2,1H3,(H,25,29)(H,26,27). The average Bonchev–Trinajstić information content (AvgIpc) is 3.44. The zero-order valence-corrected chi connectivity index (χ0v) is 17.8. The number of rotatable bonds is 6. The smallest absolute Gasteiger partial charge is 0.268 e. The first-order valence-corrected chi connectivity index (χ1v) is 11.0. The molecule has 0 unspecified atom stereocenters. The number of hydrogen-bond acceptors (Lipinski definition) is 6. The molecule has 1 amide bonds. The summed E-state index contributed by atoms with van der Waals surface area (Å²) in [5.41, 5.74) is 2.42. The van der Waals surface area contributed by atoms with E-state index in [2.05, 4.69) is 21.6 Å². The highest BCUT2D eigenvalue weighted by molar-refractivity contribution is 7.91. The van der Waals surface area contributed by atoms with Crippen LogP contribution in [0.25, 0.3) is 10.9 Å². The van der Waals surface area contributed by atoms with Gasteiger partial charge in [-0.15, -0.1) is 0 Å². The van der Waals surface area contributed by atoms with Crippen molar-refractivity contribution < 1.29 is 13.2 Å². The van der Waals surface area contributed by atoms with Gasteiger partial charge in [-0.2, -0.15) is 10.4 Å². The molecule has 160 valence electrons. The van der Waals surface area contributed by atoms with E-state index in [1.807, 2.05) is 0 Å². The summed E-state index contributed by atoms with van der Waals surface area (Å²) in [6, 6.07) is 14.8. The lowest BCUT2D eigenvalue weighted by atomic mass is 10.1. The van der Waals surface area contributed by atoms with Crippen molar-refractivity contribution in [2.45, 2.75) is 16.5 Å². The van der Waals surface area contributed by atoms with Gasteiger partial charge in [-0.25, -0.2) is 8.42 Å². The maximum Gasteiger partial charge on any atom is 0.268 e. The van der Waals surface area contributed by atoms with Crippen molar-refractivity contribution in [1.29, 1.82) is 10.7 Å². The molecule has 2 heterocycles. The van der Waals surface area contributed by atoms with Gasteiger partial charge in [-0.3, -0.25) is 9.89 Å². The number of amides is 1. The number of sulfone groups is 1. The van der Waals surface area contributed by atoms with Gasteiger partial charge >= 0.3 is 0 Å². The highest BCUT2D eigenvalue weighted by Gasteiger charge is 2.24. The molecule has 32 heavy (non-hydrogen) atoms. The summed E-state index contributed by atoms with van der Waals surface area (Å²) in [4.78, 5) is 13.0. The van der Waals surface area contributed by atoms with E-state index >= 15 is 0 Å². The Bertz CT molecular complexity index is 1490. The minimum absolute atomic E-state index is 0.0308. The van der Waals surface area contributed by atoms with Crippen LogP contribution in [0.3, 0.4) is 0 Å². The Morgan fingerprint density at radius 2 is 2.09 bits per heavy atom. The molecule has 0 atom stereocenters. The lowest BCUT2D eigenvalue weighted by molar-refractivity contribution is 0.0943. The van der Waals surface area contributed by atoms with Crippen LogP contribution in [0.5, 0.6) is 0 Å². The van der Waals surface area contributed by atoms with Gasteiger partial charge in [-0.1, -0.05) is 12.1 Å². The minimum Gasteiger partial charge on any atom is -0.347 e. The van der Waals surface area contributed by atoms with Gasteiger partial charge < -0.3 is 15.3 Å². The van der Waals surface area contributed by atoms with Crippen molar-refractivity contribution >= 4 is 32.9 Å². The van der Waals surface area contributed by atoms with Gasteiger partial charge in [0, 0.05) is 36.3 Å². The van der Waals surface area contributed by atoms with Crippen LogP contribution in [0.1, 0.15) is 27.2 Å². The third-order valence-corrected chi connectivity index (χ3v) is 6.83. The number of aromatic amines is 1. The van der Waals surface area contributed by atoms with Gasteiger partial charge in [0.2, 0.25) is 9.84 Å². The average molecular weight is 446 g/mol. The Labute approximate surface area is 183 Å². The van der Waals surface area contributed by atoms with Crippen molar-refractivity contribution in [1.82, 2.24) is 20.1 Å². The highest BCUT2D eigenvalue weighted by atomic mass is 32.2. The molecule has 9 nitrogen and oxygen atoms in total. The lowest BCUT2D eigenvalue weighted by Gasteiger charge is -2.08. The van der Waals surface area contributed by atoms with E-state index in [4.69, 9.17) is 10.7 Å². The number of nitrogens with zero attached hydrogens (tertiary/aromatic N) is 3. The molecular formula is C22H18N6O3S. The molecule has 0 aliphatic rings. The molecule has 0 radical (unpaired) electrons. The highest BCUT2D eigenvalue weighted by Crippen LogP contribution is 2.29. The molecule has 0 spiro atoms. The lowest BCUT2D eigenvalue weighted by Crippen LogP contribution is -2.26. The van der Waals surface area contributed by atoms with E-state index in [0.717, 1.165) is 11.8 Å². The first-order chi connectivity index (χ1) is 15.4. The SMILES string of the molecule is Cn1c(C(=O)NCc2cccc(C#N)c2)c(C=N)c2cc(S(=O)(=O)c3ccn[nH]3)ccc21. The van der Waals surface area contributed by atoms with Crippen LogP contribution in [-0.4, -0.2) is 35.3 Å². The molecule has 0 aliphatic carbocycles. The first-order valence-electron chi connectivity index (χ1n) is 9.51. The second-order valence-electron chi connectivity index (χ2n) is 7.06. The molecule has 2 aromatic carbocycles. The number of hydrogen-bond donors (Lipinski definition) is 3. The Morgan fingerprint density at radius 3 is 2.78 bits per heavy atom. The zero-order chi connectivity index (χ0) is 22.9. The predicted octanol–water partition coefficient (Wildman–Crippen LogP) is 2.53. The normalized spacial score (nSPS) is 11.2. The van der Waals surface area contributed by atoms with Gasteiger partial charge in [0.1, 0.15) is 5.69 Å². The summed E-state index contributed by atoms with van der Waals surface area (Å²) in [6.07, 6.45) is 2.39. The van der Waals surface area contributed by atoms with Crippen molar-refractivity contribution in [3.8, 4) is 6.07 Å². The zero-order valence-electron chi connectivity index (χ0n) is 17.0. The third-order valence-electron chi connectivity index (χ3n) is 5.15. The fourth-order valence-corrected chi connectivity index (χ4v) is 4.76. The summed E-state index contributed by atoms with van der Waals surface area (Å²) < 4.78 is 27.3. The Balaban J connectivity index is 1.72. The summed E-state index contributed by atoms with van der Waals surface area (Å²) in [6.45, 7) is 0.201. The number of fused-ring (bicyclic) bond motifs is 1. The number of H-pyrrole nitrogens is 1. The minimum atomic E-state index is -3.82. The molecule has 3 N–H and O–H groups in total. The monoisotopic (exact) mass is 446 g/mol. The Kier molecular flexibility index (Phi) is 5.34. The third kappa shape index (κ3) is 3.55. The topological polar surface area (TPSA) is 144 Å². The molecule has 0 fully saturated rings. The summed E-state index contributed by atoms with van der Waals surface area (Å²) >= 11 is 0. The van der Waals surface area contributed by atoms with E-state index in [1.54, 1.807) is 41.9 Å². The van der Waals surface area contributed by atoms with Crippen LogP contribution in [0.4, 0.5) is 0 Å². The molecule has 0 aliphatic heterocycles. The largest absolute Gasteiger partial charge is 0.347 e. The molecule has 10 heteroatoms. The van der Waals surface area contributed by atoms with Crippen LogP contribution in [0.15, 0.2) is 64.6 Å². The Hall–Kier alpha value is -4.23. The van der Waals surface area contributed by atoms with Crippen LogP contribution < -0.4 is 5.32 Å². The molecule has 0 bridgehead atoms. The van der Waals surface area contributed by atoms with Gasteiger partial charge in [0.25, 0.3) is 5.91 Å². The van der Waals surface area contributed by atoms with Crippen LogP contribution in [0, 0.1) is 16.7 Å². The second-order valence-corrected chi connectivity index (χ2v) is 8.98.